The molecule has 0 saturated carbocycles. The third-order valence-electron chi connectivity index (χ3n) is 7.63. The van der Waals surface area contributed by atoms with Gasteiger partial charge in [0, 0.05) is 32.9 Å². The Hall–Kier alpha value is -4.73. The van der Waals surface area contributed by atoms with Crippen molar-refractivity contribution in [3.63, 3.8) is 0 Å². The van der Waals surface area contributed by atoms with Crippen LogP contribution in [0.1, 0.15) is 36.7 Å². The summed E-state index contributed by atoms with van der Waals surface area (Å²) in [5, 5.41) is 4.42. The molecule has 1 aliphatic heterocycles. The van der Waals surface area contributed by atoms with Crippen LogP contribution in [0.5, 0.6) is 0 Å². The molecule has 10 heteroatoms. The van der Waals surface area contributed by atoms with Gasteiger partial charge in [0.25, 0.3) is 11.5 Å². The number of halogens is 1. The van der Waals surface area contributed by atoms with Crippen molar-refractivity contribution in [1.29, 1.82) is 0 Å². The summed E-state index contributed by atoms with van der Waals surface area (Å²) in [7, 11) is 0. The van der Waals surface area contributed by atoms with Crippen molar-refractivity contribution in [3.8, 4) is 0 Å². The second kappa shape index (κ2) is 12.1. The van der Waals surface area contributed by atoms with E-state index in [4.69, 9.17) is 21.3 Å². The Labute approximate surface area is 262 Å². The number of rotatable bonds is 7. The predicted molar refractivity (Wildman–Crippen MR) is 174 cm³/mol. The molecule has 222 valence electrons. The van der Waals surface area contributed by atoms with Crippen LogP contribution in [0.25, 0.3) is 17.0 Å². The van der Waals surface area contributed by atoms with Crippen molar-refractivity contribution in [2.24, 2.45) is 4.99 Å². The molecule has 0 aliphatic carbocycles. The zero-order valence-electron chi connectivity index (χ0n) is 24.3. The number of fused-ring (bicyclic) bond motifs is 2. The second-order valence-corrected chi connectivity index (χ2v) is 11.8. The smallest absolute Gasteiger partial charge is 0.325 e. The SMILES string of the molecule is CCOC(=O)Cn1c(C)c(/C=c2\sc3n(c2=O)[C@@H](c2ccc(Cl)cc2)C(C(=O)Nc2ccccc2)=C(C)N=3)c2ccccc21. The number of para-hydroxylation sites is 2. The molecule has 3 heterocycles. The molecule has 0 radical (unpaired) electrons. The Kier molecular flexibility index (Phi) is 8.07. The number of aromatic nitrogens is 2. The van der Waals surface area contributed by atoms with Gasteiger partial charge in [-0.15, -0.1) is 0 Å². The predicted octanol–water partition coefficient (Wildman–Crippen LogP) is 5.35. The van der Waals surface area contributed by atoms with Crippen LogP contribution in [-0.4, -0.2) is 27.6 Å². The summed E-state index contributed by atoms with van der Waals surface area (Å²) in [5.74, 6) is -0.674. The van der Waals surface area contributed by atoms with Gasteiger partial charge in [-0.3, -0.25) is 19.0 Å². The van der Waals surface area contributed by atoms with E-state index in [1.807, 2.05) is 72.2 Å². The van der Waals surface area contributed by atoms with Crippen LogP contribution in [-0.2, 0) is 20.9 Å². The van der Waals surface area contributed by atoms with E-state index in [-0.39, 0.29) is 24.0 Å². The van der Waals surface area contributed by atoms with Crippen molar-refractivity contribution < 1.29 is 14.3 Å². The number of hydrogen-bond donors (Lipinski definition) is 1. The molecule has 1 atom stereocenters. The monoisotopic (exact) mass is 624 g/mol. The number of nitrogens with zero attached hydrogens (tertiary/aromatic N) is 3. The van der Waals surface area contributed by atoms with Gasteiger partial charge in [0.2, 0.25) is 0 Å². The summed E-state index contributed by atoms with van der Waals surface area (Å²) >= 11 is 7.48. The normalized spacial score (nSPS) is 14.8. The van der Waals surface area contributed by atoms with Crippen LogP contribution in [0.3, 0.4) is 0 Å². The van der Waals surface area contributed by atoms with Crippen molar-refractivity contribution in [2.45, 2.75) is 33.4 Å². The van der Waals surface area contributed by atoms with Crippen molar-refractivity contribution in [2.75, 3.05) is 11.9 Å². The molecule has 5 aromatic rings. The molecular formula is C34H29ClN4O4S. The minimum Gasteiger partial charge on any atom is -0.465 e. The molecule has 0 unspecified atom stereocenters. The number of thiazole rings is 1. The standard InChI is InChI=1S/C34H29ClN4O4S/c1-4-43-29(40)19-38-21(3)26(25-12-8-9-13-27(25)38)18-28-33(42)39-31(22-14-16-23(35)17-15-22)30(20(2)36-34(39)44-28)32(41)37-24-10-6-5-7-11-24/h5-18,31H,4,19H2,1-3H3,(H,37,41)/b28-18-/t31-/m0/s1. The van der Waals surface area contributed by atoms with Gasteiger partial charge in [0.1, 0.15) is 6.54 Å². The number of nitrogens with one attached hydrogen (secondary N) is 1. The van der Waals surface area contributed by atoms with E-state index in [0.717, 1.165) is 27.7 Å². The lowest BCUT2D eigenvalue weighted by Gasteiger charge is -2.25. The van der Waals surface area contributed by atoms with Crippen LogP contribution < -0.4 is 20.2 Å². The highest BCUT2D eigenvalue weighted by Crippen LogP contribution is 2.32. The fourth-order valence-electron chi connectivity index (χ4n) is 5.60. The molecule has 0 saturated heterocycles. The average molecular weight is 625 g/mol. The molecule has 0 fully saturated rings. The molecule has 6 rings (SSSR count). The Morgan fingerprint density at radius 3 is 2.45 bits per heavy atom. The van der Waals surface area contributed by atoms with Crippen molar-refractivity contribution >= 4 is 57.5 Å². The van der Waals surface area contributed by atoms with Crippen LogP contribution >= 0.6 is 22.9 Å². The van der Waals surface area contributed by atoms with Crippen molar-refractivity contribution in [3.05, 3.63) is 132 Å². The zero-order chi connectivity index (χ0) is 31.0. The first-order valence-electron chi connectivity index (χ1n) is 14.1. The van der Waals surface area contributed by atoms with E-state index in [1.165, 1.54) is 11.3 Å². The summed E-state index contributed by atoms with van der Waals surface area (Å²) < 4.78 is 9.16. The highest BCUT2D eigenvalue weighted by molar-refractivity contribution is 7.07. The highest BCUT2D eigenvalue weighted by Gasteiger charge is 2.32. The molecule has 44 heavy (non-hydrogen) atoms. The maximum absolute atomic E-state index is 14.2. The first-order chi connectivity index (χ1) is 21.3. The quantitative estimate of drug-likeness (QED) is 0.247. The molecule has 1 aliphatic rings. The molecule has 3 aromatic carbocycles. The summed E-state index contributed by atoms with van der Waals surface area (Å²) in [6.07, 6.45) is 1.85. The third-order valence-corrected chi connectivity index (χ3v) is 8.87. The van der Waals surface area contributed by atoms with Crippen LogP contribution in [0, 0.1) is 6.92 Å². The number of carbonyl (C=O) groups is 2. The van der Waals surface area contributed by atoms with Gasteiger partial charge in [-0.2, -0.15) is 0 Å². The van der Waals surface area contributed by atoms with Gasteiger partial charge < -0.3 is 14.6 Å². The van der Waals surface area contributed by atoms with E-state index in [1.54, 1.807) is 42.7 Å². The van der Waals surface area contributed by atoms with E-state index < -0.39 is 6.04 Å². The summed E-state index contributed by atoms with van der Waals surface area (Å²) in [6.45, 7) is 5.84. The van der Waals surface area contributed by atoms with Gasteiger partial charge in [0.15, 0.2) is 4.80 Å². The molecule has 8 nitrogen and oxygen atoms in total. The summed E-state index contributed by atoms with van der Waals surface area (Å²) in [6, 6.07) is 23.4. The van der Waals surface area contributed by atoms with Crippen LogP contribution in [0.15, 0.2) is 99.9 Å². The van der Waals surface area contributed by atoms with Gasteiger partial charge in [-0.25, -0.2) is 4.99 Å². The number of esters is 1. The van der Waals surface area contributed by atoms with E-state index in [0.29, 0.717) is 37.9 Å². The number of anilines is 1. The van der Waals surface area contributed by atoms with E-state index >= 15 is 0 Å². The average Bonchev–Trinajstić information content (AvgIpc) is 3.46. The second-order valence-electron chi connectivity index (χ2n) is 10.4. The molecule has 0 spiro atoms. The fourth-order valence-corrected chi connectivity index (χ4v) is 6.76. The van der Waals surface area contributed by atoms with Gasteiger partial charge in [0.05, 0.1) is 28.5 Å². The number of carbonyl (C=O) groups excluding carboxylic acids is 2. The minimum atomic E-state index is -0.722. The molecule has 0 bridgehead atoms. The summed E-state index contributed by atoms with van der Waals surface area (Å²) in [5.41, 5.74) is 4.52. The number of allylic oxidation sites excluding steroid dienone is 1. The number of benzene rings is 3. The van der Waals surface area contributed by atoms with E-state index in [2.05, 4.69) is 5.32 Å². The van der Waals surface area contributed by atoms with E-state index in [9.17, 15) is 14.4 Å². The fraction of sp³-hybridized carbons (Fsp3) is 0.176. The largest absolute Gasteiger partial charge is 0.465 e. The molecule has 1 amide bonds. The number of hydrogen-bond acceptors (Lipinski definition) is 6. The zero-order valence-corrected chi connectivity index (χ0v) is 25.9. The maximum atomic E-state index is 14.2. The van der Waals surface area contributed by atoms with Crippen molar-refractivity contribution in [1.82, 2.24) is 9.13 Å². The lowest BCUT2D eigenvalue weighted by Crippen LogP contribution is -2.40. The lowest BCUT2D eigenvalue weighted by atomic mass is 9.95. The first kappa shape index (κ1) is 29.3. The third kappa shape index (κ3) is 5.40. The number of ether oxygens (including phenoxy) is 1. The molecule has 1 N–H and O–H groups in total. The lowest BCUT2D eigenvalue weighted by molar-refractivity contribution is -0.143. The molecular weight excluding hydrogens is 596 g/mol. The van der Waals surface area contributed by atoms with Crippen LogP contribution in [0.2, 0.25) is 5.02 Å². The highest BCUT2D eigenvalue weighted by atomic mass is 35.5. The van der Waals surface area contributed by atoms with Gasteiger partial charge >= 0.3 is 5.97 Å². The van der Waals surface area contributed by atoms with Gasteiger partial charge in [-0.1, -0.05) is 71.5 Å². The minimum absolute atomic E-state index is 0.0604. The maximum Gasteiger partial charge on any atom is 0.325 e. The Morgan fingerprint density at radius 2 is 1.73 bits per heavy atom. The number of amides is 1. The van der Waals surface area contributed by atoms with Crippen LogP contribution in [0.4, 0.5) is 5.69 Å². The Morgan fingerprint density at radius 1 is 1.02 bits per heavy atom. The summed E-state index contributed by atoms with van der Waals surface area (Å²) in [4.78, 5) is 45.7. The molecule has 2 aromatic heterocycles. The Balaban J connectivity index is 1.52. The van der Waals surface area contributed by atoms with Gasteiger partial charge in [-0.05, 0) is 62.7 Å². The first-order valence-corrected chi connectivity index (χ1v) is 15.3. The Bertz CT molecular complexity index is 2130. The topological polar surface area (TPSA) is 94.7 Å².